The summed E-state index contributed by atoms with van der Waals surface area (Å²) in [6, 6.07) is 0. The van der Waals surface area contributed by atoms with Gasteiger partial charge in [0.25, 0.3) is 0 Å². The van der Waals surface area contributed by atoms with E-state index in [1.807, 2.05) is 0 Å². The molecule has 0 N–H and O–H groups in total. The van der Waals surface area contributed by atoms with Gasteiger partial charge in [0.15, 0.2) is 0 Å². The van der Waals surface area contributed by atoms with Crippen LogP contribution in [-0.2, 0) is 0 Å². The molecule has 0 radical (unpaired) electrons. The molecule has 0 aliphatic heterocycles. The molecule has 0 aromatic heterocycles. The third-order valence-electron chi connectivity index (χ3n) is 4.46. The summed E-state index contributed by atoms with van der Waals surface area (Å²) in [6.45, 7) is 6.93. The lowest BCUT2D eigenvalue weighted by atomic mass is 10.00. The van der Waals surface area contributed by atoms with E-state index in [1.165, 1.54) is 38.5 Å². The molecule has 0 aromatic rings. The Hall–Kier alpha value is -0.520. The van der Waals surface area contributed by atoms with Crippen molar-refractivity contribution in [1.82, 2.24) is 0 Å². The molecule has 0 saturated heterocycles. The Kier molecular flexibility index (Phi) is 3.89. The van der Waals surface area contributed by atoms with Crippen LogP contribution in [0.5, 0.6) is 0 Å². The van der Waals surface area contributed by atoms with E-state index < -0.39 is 0 Å². The molecule has 2 rings (SSSR count). The average molecular weight is 218 g/mol. The Morgan fingerprint density at radius 1 is 1.44 bits per heavy atom. The first-order chi connectivity index (χ1) is 7.74. The summed E-state index contributed by atoms with van der Waals surface area (Å²) in [6.07, 6.45) is 13.1. The molecule has 0 nitrogen and oxygen atoms in total. The first-order valence-corrected chi connectivity index (χ1v) is 7.14. The molecule has 0 bridgehead atoms. The Labute approximate surface area is 101 Å². The van der Waals surface area contributed by atoms with Gasteiger partial charge in [0, 0.05) is 0 Å². The van der Waals surface area contributed by atoms with Gasteiger partial charge in [-0.25, -0.2) is 0 Å². The lowest BCUT2D eigenvalue weighted by Crippen LogP contribution is -1.90. The van der Waals surface area contributed by atoms with Crippen molar-refractivity contribution >= 4 is 0 Å². The van der Waals surface area contributed by atoms with Crippen molar-refractivity contribution in [2.24, 2.45) is 17.8 Å². The van der Waals surface area contributed by atoms with Crippen LogP contribution in [-0.4, -0.2) is 0 Å². The smallest absolute Gasteiger partial charge is 0.0168 e. The largest absolute Gasteiger partial charge is 0.0811 e. The molecule has 90 valence electrons. The molecule has 3 unspecified atom stereocenters. The van der Waals surface area contributed by atoms with Gasteiger partial charge in [-0.3, -0.25) is 0 Å². The van der Waals surface area contributed by atoms with E-state index in [2.05, 4.69) is 32.9 Å². The van der Waals surface area contributed by atoms with Gasteiger partial charge in [0.1, 0.15) is 0 Å². The predicted octanol–water partition coefficient (Wildman–Crippen LogP) is 5.12. The van der Waals surface area contributed by atoms with Crippen molar-refractivity contribution in [1.29, 1.82) is 0 Å². The molecule has 2 saturated carbocycles. The molecule has 2 aliphatic carbocycles. The minimum atomic E-state index is 0.845. The van der Waals surface area contributed by atoms with Gasteiger partial charge in [-0.15, -0.1) is 0 Å². The summed E-state index contributed by atoms with van der Waals surface area (Å²) in [5, 5.41) is 0. The third-order valence-corrected chi connectivity index (χ3v) is 4.46. The highest BCUT2D eigenvalue weighted by Gasteiger charge is 2.44. The SMILES string of the molecule is CCC(=CCC(C)CC)C=C1CCC2CC12. The van der Waals surface area contributed by atoms with E-state index in [4.69, 9.17) is 0 Å². The summed E-state index contributed by atoms with van der Waals surface area (Å²) in [4.78, 5) is 0. The van der Waals surface area contributed by atoms with E-state index in [9.17, 15) is 0 Å². The van der Waals surface area contributed by atoms with Crippen molar-refractivity contribution < 1.29 is 0 Å². The molecule has 16 heavy (non-hydrogen) atoms. The Morgan fingerprint density at radius 3 is 2.75 bits per heavy atom. The maximum atomic E-state index is 2.53. The number of rotatable bonds is 5. The first kappa shape index (κ1) is 12.0. The van der Waals surface area contributed by atoms with Crippen LogP contribution in [0.3, 0.4) is 0 Å². The van der Waals surface area contributed by atoms with E-state index in [0.29, 0.717) is 0 Å². The van der Waals surface area contributed by atoms with Gasteiger partial charge in [0.2, 0.25) is 0 Å². The average Bonchev–Trinajstić information content (AvgIpc) is 2.99. The number of hydrogen-bond acceptors (Lipinski definition) is 0. The van der Waals surface area contributed by atoms with Crippen LogP contribution in [0.15, 0.2) is 23.3 Å². The predicted molar refractivity (Wildman–Crippen MR) is 71.4 cm³/mol. The van der Waals surface area contributed by atoms with Crippen LogP contribution in [0.25, 0.3) is 0 Å². The second-order valence-electron chi connectivity index (χ2n) is 5.74. The third kappa shape index (κ3) is 2.78. The quantitative estimate of drug-likeness (QED) is 0.601. The van der Waals surface area contributed by atoms with Crippen molar-refractivity contribution in [3.8, 4) is 0 Å². The van der Waals surface area contributed by atoms with Crippen LogP contribution >= 0.6 is 0 Å². The van der Waals surface area contributed by atoms with Crippen LogP contribution in [0.2, 0.25) is 0 Å². The van der Waals surface area contributed by atoms with Crippen LogP contribution in [0.1, 0.15) is 59.3 Å². The summed E-state index contributed by atoms with van der Waals surface area (Å²) < 4.78 is 0. The van der Waals surface area contributed by atoms with Crippen molar-refractivity contribution in [2.75, 3.05) is 0 Å². The van der Waals surface area contributed by atoms with E-state index >= 15 is 0 Å². The molecule has 2 aliphatic rings. The van der Waals surface area contributed by atoms with E-state index in [0.717, 1.165) is 17.8 Å². The molecule has 0 spiro atoms. The summed E-state index contributed by atoms with van der Waals surface area (Å²) in [5.74, 6) is 2.93. The standard InChI is InChI=1S/C16H26/c1-4-12(3)6-7-13(5-2)10-14-8-9-15-11-16(14)15/h7,10,12,15-16H,4-6,8-9,11H2,1-3H3. The number of hydrogen-bond donors (Lipinski definition) is 0. The van der Waals surface area contributed by atoms with Gasteiger partial charge in [-0.05, 0) is 49.9 Å². The lowest BCUT2D eigenvalue weighted by Gasteiger charge is -2.06. The number of fused-ring (bicyclic) bond motifs is 1. The molecule has 2 fully saturated rings. The minimum Gasteiger partial charge on any atom is -0.0811 e. The summed E-state index contributed by atoms with van der Waals surface area (Å²) in [7, 11) is 0. The molecule has 0 amide bonds. The Morgan fingerprint density at radius 2 is 2.25 bits per heavy atom. The van der Waals surface area contributed by atoms with Crippen LogP contribution in [0.4, 0.5) is 0 Å². The fraction of sp³-hybridized carbons (Fsp3) is 0.750. The zero-order valence-electron chi connectivity index (χ0n) is 11.1. The van der Waals surface area contributed by atoms with E-state index in [1.54, 1.807) is 11.1 Å². The monoisotopic (exact) mass is 218 g/mol. The fourth-order valence-electron chi connectivity index (χ4n) is 2.80. The van der Waals surface area contributed by atoms with Gasteiger partial charge >= 0.3 is 0 Å². The topological polar surface area (TPSA) is 0 Å². The van der Waals surface area contributed by atoms with Crippen molar-refractivity contribution in [2.45, 2.75) is 59.3 Å². The highest BCUT2D eigenvalue weighted by atomic mass is 14.5. The Bertz CT molecular complexity index is 295. The highest BCUT2D eigenvalue weighted by molar-refractivity contribution is 5.31. The van der Waals surface area contributed by atoms with E-state index in [-0.39, 0.29) is 0 Å². The maximum absolute atomic E-state index is 2.53. The van der Waals surface area contributed by atoms with Crippen molar-refractivity contribution in [3.63, 3.8) is 0 Å². The summed E-state index contributed by atoms with van der Waals surface area (Å²) in [5.41, 5.74) is 3.35. The molecule has 0 heteroatoms. The highest BCUT2D eigenvalue weighted by Crippen LogP contribution is 2.55. The molecule has 0 heterocycles. The second-order valence-corrected chi connectivity index (χ2v) is 5.74. The first-order valence-electron chi connectivity index (χ1n) is 7.14. The maximum Gasteiger partial charge on any atom is -0.0168 e. The fourth-order valence-corrected chi connectivity index (χ4v) is 2.80. The molecular formula is C16H26. The van der Waals surface area contributed by atoms with Crippen LogP contribution in [0, 0.1) is 17.8 Å². The number of allylic oxidation sites excluding steroid dienone is 4. The van der Waals surface area contributed by atoms with Gasteiger partial charge in [-0.1, -0.05) is 50.5 Å². The summed E-state index contributed by atoms with van der Waals surface area (Å²) >= 11 is 0. The lowest BCUT2D eigenvalue weighted by molar-refractivity contribution is 0.570. The van der Waals surface area contributed by atoms with Crippen molar-refractivity contribution in [3.05, 3.63) is 23.3 Å². The zero-order valence-corrected chi connectivity index (χ0v) is 11.1. The second kappa shape index (κ2) is 5.21. The van der Waals surface area contributed by atoms with Gasteiger partial charge < -0.3 is 0 Å². The molecule has 3 atom stereocenters. The van der Waals surface area contributed by atoms with Gasteiger partial charge in [-0.2, -0.15) is 0 Å². The molecular weight excluding hydrogens is 192 g/mol. The molecule has 0 aromatic carbocycles. The van der Waals surface area contributed by atoms with Crippen LogP contribution < -0.4 is 0 Å². The minimum absolute atomic E-state index is 0.845. The van der Waals surface area contributed by atoms with Gasteiger partial charge in [0.05, 0.1) is 0 Å². The normalized spacial score (nSPS) is 32.9. The zero-order chi connectivity index (χ0) is 11.5. The Balaban J connectivity index is 1.94.